The van der Waals surface area contributed by atoms with Crippen LogP contribution in [-0.2, 0) is 12.4 Å². The summed E-state index contributed by atoms with van der Waals surface area (Å²) in [6, 6.07) is 13.8. The second kappa shape index (κ2) is 6.20. The highest BCUT2D eigenvalue weighted by atomic mass is 32.2. The lowest BCUT2D eigenvalue weighted by Crippen LogP contribution is -1.85. The first-order valence-corrected chi connectivity index (χ1v) is 7.62. The first kappa shape index (κ1) is 14.0. The minimum atomic E-state index is 0.0822. The largest absolute Gasteiger partial charge is 0.497 e. The highest BCUT2D eigenvalue weighted by Crippen LogP contribution is 2.25. The molecule has 0 aliphatic heterocycles. The lowest BCUT2D eigenvalue weighted by Gasteiger charge is -2.00. The van der Waals surface area contributed by atoms with E-state index in [0.29, 0.717) is 0 Å². The third-order valence-corrected chi connectivity index (χ3v) is 4.19. The number of rotatable bonds is 5. The number of fused-ring (bicyclic) bond motifs is 1. The molecule has 1 aromatic heterocycles. The van der Waals surface area contributed by atoms with Crippen molar-refractivity contribution in [2.75, 3.05) is 7.11 Å². The smallest absolute Gasteiger partial charge is 0.166 e. The first-order chi connectivity index (χ1) is 10.3. The Bertz CT molecular complexity index is 738. The summed E-state index contributed by atoms with van der Waals surface area (Å²) in [6.07, 6.45) is 0. The summed E-state index contributed by atoms with van der Waals surface area (Å²) in [7, 11) is 1.66. The summed E-state index contributed by atoms with van der Waals surface area (Å²) >= 11 is 1.66. The maximum absolute atomic E-state index is 9.03. The zero-order chi connectivity index (χ0) is 14.7. The van der Waals surface area contributed by atoms with Crippen LogP contribution in [0.4, 0.5) is 0 Å². The highest BCUT2D eigenvalue weighted by Gasteiger charge is 2.05. The van der Waals surface area contributed by atoms with E-state index >= 15 is 0 Å². The Labute approximate surface area is 127 Å². The average molecular weight is 300 g/mol. The van der Waals surface area contributed by atoms with Crippen LogP contribution in [0.15, 0.2) is 47.6 Å². The second-order valence-electron chi connectivity index (χ2n) is 4.69. The molecule has 0 aliphatic carbocycles. The van der Waals surface area contributed by atoms with Crippen molar-refractivity contribution in [3.8, 4) is 5.75 Å². The minimum absolute atomic E-state index is 0.0822. The van der Waals surface area contributed by atoms with Gasteiger partial charge < -0.3 is 14.8 Å². The monoisotopic (exact) mass is 300 g/mol. The topological polar surface area (TPSA) is 58.1 Å². The Morgan fingerprint density at radius 1 is 1.14 bits per heavy atom. The SMILES string of the molecule is COc1ccc2nc(SCc3ccc(CO)cc3)[nH]c2c1. The number of aliphatic hydroxyl groups is 1. The molecular formula is C16H16N2O2S. The summed E-state index contributed by atoms with van der Waals surface area (Å²) < 4.78 is 5.21. The van der Waals surface area contributed by atoms with E-state index in [9.17, 15) is 0 Å². The number of methoxy groups -OCH3 is 1. The number of thioether (sulfide) groups is 1. The molecule has 2 N–H and O–H groups in total. The molecule has 0 bridgehead atoms. The van der Waals surface area contributed by atoms with E-state index in [1.54, 1.807) is 18.9 Å². The molecule has 0 unspecified atom stereocenters. The molecule has 0 aliphatic rings. The molecule has 0 fully saturated rings. The van der Waals surface area contributed by atoms with Crippen LogP contribution in [0.2, 0.25) is 0 Å². The third kappa shape index (κ3) is 3.20. The van der Waals surface area contributed by atoms with Crippen LogP contribution < -0.4 is 4.74 Å². The predicted octanol–water partition coefficient (Wildman–Crippen LogP) is 3.36. The molecule has 0 atom stereocenters. The van der Waals surface area contributed by atoms with Crippen molar-refractivity contribution in [2.24, 2.45) is 0 Å². The van der Waals surface area contributed by atoms with E-state index in [-0.39, 0.29) is 6.61 Å². The van der Waals surface area contributed by atoms with E-state index in [2.05, 4.69) is 9.97 Å². The van der Waals surface area contributed by atoms with Crippen LogP contribution in [0.25, 0.3) is 11.0 Å². The number of imidazole rings is 1. The molecule has 4 nitrogen and oxygen atoms in total. The molecule has 0 amide bonds. The molecule has 108 valence electrons. The van der Waals surface area contributed by atoms with Gasteiger partial charge in [0.1, 0.15) is 5.75 Å². The Morgan fingerprint density at radius 3 is 2.62 bits per heavy atom. The van der Waals surface area contributed by atoms with Gasteiger partial charge in [-0.2, -0.15) is 0 Å². The maximum atomic E-state index is 9.03. The number of aromatic nitrogens is 2. The zero-order valence-corrected chi connectivity index (χ0v) is 12.5. The standard InChI is InChI=1S/C16H16N2O2S/c1-20-13-6-7-14-15(8-13)18-16(17-14)21-10-12-4-2-11(9-19)3-5-12/h2-8,19H,9-10H2,1H3,(H,17,18). The maximum Gasteiger partial charge on any atom is 0.166 e. The van der Waals surface area contributed by atoms with Crippen molar-refractivity contribution >= 4 is 22.8 Å². The van der Waals surface area contributed by atoms with Gasteiger partial charge in [0.15, 0.2) is 5.16 Å². The number of nitrogens with zero attached hydrogens (tertiary/aromatic N) is 1. The van der Waals surface area contributed by atoms with Gasteiger partial charge in [-0.05, 0) is 23.3 Å². The van der Waals surface area contributed by atoms with Crippen molar-refractivity contribution in [1.29, 1.82) is 0 Å². The normalized spacial score (nSPS) is 11.0. The van der Waals surface area contributed by atoms with Crippen LogP contribution in [0, 0.1) is 0 Å². The van der Waals surface area contributed by atoms with Crippen molar-refractivity contribution in [2.45, 2.75) is 17.5 Å². The number of hydrogen-bond acceptors (Lipinski definition) is 4. The molecule has 0 radical (unpaired) electrons. The van der Waals surface area contributed by atoms with Crippen LogP contribution in [0.1, 0.15) is 11.1 Å². The highest BCUT2D eigenvalue weighted by molar-refractivity contribution is 7.98. The van der Waals surface area contributed by atoms with Crippen LogP contribution in [0.3, 0.4) is 0 Å². The summed E-state index contributed by atoms with van der Waals surface area (Å²) in [6.45, 7) is 0.0822. The van der Waals surface area contributed by atoms with E-state index in [0.717, 1.165) is 33.3 Å². The molecule has 0 saturated carbocycles. The van der Waals surface area contributed by atoms with Crippen LogP contribution >= 0.6 is 11.8 Å². The van der Waals surface area contributed by atoms with E-state index in [1.165, 1.54) is 5.56 Å². The van der Waals surface area contributed by atoms with Gasteiger partial charge in [-0.3, -0.25) is 0 Å². The molecular weight excluding hydrogens is 284 g/mol. The number of hydrogen-bond donors (Lipinski definition) is 2. The fourth-order valence-corrected chi connectivity index (χ4v) is 2.89. The van der Waals surface area contributed by atoms with E-state index in [1.807, 2.05) is 42.5 Å². The van der Waals surface area contributed by atoms with Crippen molar-refractivity contribution < 1.29 is 9.84 Å². The van der Waals surface area contributed by atoms with Gasteiger partial charge in [0.05, 0.1) is 24.8 Å². The zero-order valence-electron chi connectivity index (χ0n) is 11.7. The van der Waals surface area contributed by atoms with Gasteiger partial charge in [0.25, 0.3) is 0 Å². The third-order valence-electron chi connectivity index (χ3n) is 3.25. The van der Waals surface area contributed by atoms with Gasteiger partial charge in [0, 0.05) is 11.8 Å². The molecule has 0 spiro atoms. The Balaban J connectivity index is 1.72. The quantitative estimate of drug-likeness (QED) is 0.709. The number of H-pyrrole nitrogens is 1. The van der Waals surface area contributed by atoms with E-state index < -0.39 is 0 Å². The average Bonchev–Trinajstić information content (AvgIpc) is 2.95. The molecule has 3 rings (SSSR count). The molecule has 3 aromatic rings. The Morgan fingerprint density at radius 2 is 1.90 bits per heavy atom. The van der Waals surface area contributed by atoms with Crippen molar-refractivity contribution in [1.82, 2.24) is 9.97 Å². The van der Waals surface area contributed by atoms with Crippen LogP contribution in [-0.4, -0.2) is 22.2 Å². The summed E-state index contributed by atoms with van der Waals surface area (Å²) in [5.74, 6) is 1.66. The summed E-state index contributed by atoms with van der Waals surface area (Å²) in [5, 5.41) is 9.92. The van der Waals surface area contributed by atoms with E-state index in [4.69, 9.17) is 9.84 Å². The molecule has 21 heavy (non-hydrogen) atoms. The predicted molar refractivity (Wildman–Crippen MR) is 84.6 cm³/mol. The number of aliphatic hydroxyl groups excluding tert-OH is 1. The molecule has 1 heterocycles. The molecule has 5 heteroatoms. The van der Waals surface area contributed by atoms with Crippen molar-refractivity contribution in [3.05, 3.63) is 53.6 Å². The van der Waals surface area contributed by atoms with Gasteiger partial charge in [-0.25, -0.2) is 4.98 Å². The molecule has 2 aromatic carbocycles. The summed E-state index contributed by atoms with van der Waals surface area (Å²) in [4.78, 5) is 7.84. The van der Waals surface area contributed by atoms with Crippen molar-refractivity contribution in [3.63, 3.8) is 0 Å². The first-order valence-electron chi connectivity index (χ1n) is 6.64. The van der Waals surface area contributed by atoms with Gasteiger partial charge in [-0.1, -0.05) is 36.0 Å². The van der Waals surface area contributed by atoms with Gasteiger partial charge in [0.2, 0.25) is 0 Å². The summed E-state index contributed by atoms with van der Waals surface area (Å²) in [5.41, 5.74) is 4.05. The fourth-order valence-electron chi connectivity index (χ4n) is 2.05. The number of nitrogens with one attached hydrogen (secondary N) is 1. The number of ether oxygens (including phenoxy) is 1. The van der Waals surface area contributed by atoms with Crippen LogP contribution in [0.5, 0.6) is 5.75 Å². The number of benzene rings is 2. The van der Waals surface area contributed by atoms with Gasteiger partial charge >= 0.3 is 0 Å². The Kier molecular flexibility index (Phi) is 4.13. The van der Waals surface area contributed by atoms with Gasteiger partial charge in [-0.15, -0.1) is 0 Å². The lowest BCUT2D eigenvalue weighted by atomic mass is 10.2. The lowest BCUT2D eigenvalue weighted by molar-refractivity contribution is 0.282. The number of aromatic amines is 1. The molecule has 0 saturated heterocycles. The fraction of sp³-hybridized carbons (Fsp3) is 0.188. The second-order valence-corrected chi connectivity index (χ2v) is 5.65. The Hall–Kier alpha value is -1.98. The minimum Gasteiger partial charge on any atom is -0.497 e.